The molecule has 0 saturated heterocycles. The highest BCUT2D eigenvalue weighted by Crippen LogP contribution is 2.18. The molecule has 5 nitrogen and oxygen atoms in total. The van der Waals surface area contributed by atoms with Crippen molar-refractivity contribution >= 4 is 11.9 Å². The van der Waals surface area contributed by atoms with Gasteiger partial charge in [0, 0.05) is 12.5 Å². The van der Waals surface area contributed by atoms with Crippen LogP contribution in [-0.4, -0.2) is 41.6 Å². The standard InChI is InChI=1S/C15H20FNO4/c1-10(2)17(9-15(19)20)14(18)7-5-11-4-6-13(21-3)12(16)8-11/h4,6,8,10H,5,7,9H2,1-3H3,(H,19,20). The van der Waals surface area contributed by atoms with E-state index in [0.29, 0.717) is 12.0 Å². The Morgan fingerprint density at radius 2 is 2.05 bits per heavy atom. The molecule has 0 atom stereocenters. The molecule has 0 fully saturated rings. The molecule has 0 saturated carbocycles. The number of carboxylic acid groups (broad SMARTS) is 1. The summed E-state index contributed by atoms with van der Waals surface area (Å²) in [6.07, 6.45) is 0.486. The van der Waals surface area contributed by atoms with E-state index in [0.717, 1.165) is 0 Å². The number of halogens is 1. The Balaban J connectivity index is 2.66. The third-order valence-corrected chi connectivity index (χ3v) is 3.09. The van der Waals surface area contributed by atoms with Gasteiger partial charge in [0.25, 0.3) is 0 Å². The molecule has 0 aliphatic heterocycles. The van der Waals surface area contributed by atoms with Gasteiger partial charge in [0.15, 0.2) is 11.6 Å². The second kappa shape index (κ2) is 7.61. The highest BCUT2D eigenvalue weighted by atomic mass is 19.1. The molecule has 0 heterocycles. The van der Waals surface area contributed by atoms with Gasteiger partial charge in [-0.05, 0) is 38.0 Å². The Labute approximate surface area is 123 Å². The van der Waals surface area contributed by atoms with Gasteiger partial charge in [-0.3, -0.25) is 9.59 Å². The highest BCUT2D eigenvalue weighted by Gasteiger charge is 2.19. The van der Waals surface area contributed by atoms with Crippen LogP contribution in [0.1, 0.15) is 25.8 Å². The first kappa shape index (κ1) is 16.9. The van der Waals surface area contributed by atoms with E-state index in [1.165, 1.54) is 24.1 Å². The zero-order valence-corrected chi connectivity index (χ0v) is 12.4. The summed E-state index contributed by atoms with van der Waals surface area (Å²) >= 11 is 0. The zero-order valence-electron chi connectivity index (χ0n) is 12.4. The van der Waals surface area contributed by atoms with Gasteiger partial charge < -0.3 is 14.7 Å². The first-order chi connectivity index (χ1) is 9.85. The second-order valence-corrected chi connectivity index (χ2v) is 4.98. The van der Waals surface area contributed by atoms with Crippen molar-refractivity contribution in [2.45, 2.75) is 32.7 Å². The number of benzene rings is 1. The number of carboxylic acids is 1. The third kappa shape index (κ3) is 5.06. The number of ether oxygens (including phenoxy) is 1. The van der Waals surface area contributed by atoms with Crippen molar-refractivity contribution in [2.24, 2.45) is 0 Å². The number of hydrogen-bond donors (Lipinski definition) is 1. The fourth-order valence-electron chi connectivity index (χ4n) is 1.96. The molecule has 0 aromatic heterocycles. The topological polar surface area (TPSA) is 66.8 Å². The van der Waals surface area contributed by atoms with E-state index >= 15 is 0 Å². The van der Waals surface area contributed by atoms with Crippen molar-refractivity contribution in [2.75, 3.05) is 13.7 Å². The minimum atomic E-state index is -1.05. The molecule has 0 aliphatic rings. The predicted molar refractivity (Wildman–Crippen MR) is 75.8 cm³/mol. The molecule has 0 radical (unpaired) electrons. The summed E-state index contributed by atoms with van der Waals surface area (Å²) in [5, 5.41) is 8.80. The minimum absolute atomic E-state index is 0.136. The summed E-state index contributed by atoms with van der Waals surface area (Å²) in [5.41, 5.74) is 0.667. The summed E-state index contributed by atoms with van der Waals surface area (Å²) in [6.45, 7) is 3.19. The first-order valence-corrected chi connectivity index (χ1v) is 6.68. The van der Waals surface area contributed by atoms with E-state index in [-0.39, 0.29) is 30.7 Å². The molecule has 1 aromatic rings. The van der Waals surface area contributed by atoms with E-state index in [1.807, 2.05) is 0 Å². The van der Waals surface area contributed by atoms with Crippen LogP contribution in [0.25, 0.3) is 0 Å². The van der Waals surface area contributed by atoms with Crippen molar-refractivity contribution < 1.29 is 23.8 Å². The molecular formula is C15H20FNO4. The maximum Gasteiger partial charge on any atom is 0.323 e. The molecule has 0 bridgehead atoms. The maximum absolute atomic E-state index is 13.5. The van der Waals surface area contributed by atoms with E-state index in [2.05, 4.69) is 0 Å². The molecule has 1 amide bonds. The molecule has 0 aliphatic carbocycles. The van der Waals surface area contributed by atoms with Crippen molar-refractivity contribution in [1.82, 2.24) is 4.90 Å². The van der Waals surface area contributed by atoms with Gasteiger partial charge in [0.1, 0.15) is 6.54 Å². The Morgan fingerprint density at radius 3 is 2.52 bits per heavy atom. The molecule has 1 aromatic carbocycles. The Morgan fingerprint density at radius 1 is 1.38 bits per heavy atom. The van der Waals surface area contributed by atoms with Crippen molar-refractivity contribution in [3.8, 4) is 5.75 Å². The molecular weight excluding hydrogens is 277 g/mol. The van der Waals surface area contributed by atoms with Crippen LogP contribution < -0.4 is 4.74 Å². The van der Waals surface area contributed by atoms with Crippen LogP contribution in [0, 0.1) is 5.82 Å². The van der Waals surface area contributed by atoms with E-state index in [4.69, 9.17) is 9.84 Å². The lowest BCUT2D eigenvalue weighted by Crippen LogP contribution is -2.40. The lowest BCUT2D eigenvalue weighted by molar-refractivity contribution is -0.145. The van der Waals surface area contributed by atoms with Crippen LogP contribution in [-0.2, 0) is 16.0 Å². The number of nitrogens with zero attached hydrogens (tertiary/aromatic N) is 1. The van der Waals surface area contributed by atoms with Crippen LogP contribution in [0.4, 0.5) is 4.39 Å². The Bertz CT molecular complexity index is 516. The second-order valence-electron chi connectivity index (χ2n) is 4.98. The quantitative estimate of drug-likeness (QED) is 0.837. The fourth-order valence-corrected chi connectivity index (χ4v) is 1.96. The third-order valence-electron chi connectivity index (χ3n) is 3.09. The summed E-state index contributed by atoms with van der Waals surface area (Å²) in [5.74, 6) is -1.63. The number of carbonyl (C=O) groups is 2. The molecule has 21 heavy (non-hydrogen) atoms. The van der Waals surface area contributed by atoms with Gasteiger partial charge in [-0.1, -0.05) is 6.07 Å². The van der Waals surface area contributed by atoms with Gasteiger partial charge in [-0.25, -0.2) is 4.39 Å². The van der Waals surface area contributed by atoms with Gasteiger partial charge in [0.05, 0.1) is 7.11 Å². The molecule has 0 unspecified atom stereocenters. The predicted octanol–water partition coefficient (Wildman–Crippen LogP) is 2.09. The van der Waals surface area contributed by atoms with Crippen LogP contribution >= 0.6 is 0 Å². The van der Waals surface area contributed by atoms with Crippen LogP contribution in [0.2, 0.25) is 0 Å². The van der Waals surface area contributed by atoms with Crippen LogP contribution in [0.3, 0.4) is 0 Å². The monoisotopic (exact) mass is 297 g/mol. The van der Waals surface area contributed by atoms with Gasteiger partial charge in [-0.15, -0.1) is 0 Å². The first-order valence-electron chi connectivity index (χ1n) is 6.68. The average Bonchev–Trinajstić information content (AvgIpc) is 2.41. The van der Waals surface area contributed by atoms with Gasteiger partial charge in [-0.2, -0.15) is 0 Å². The zero-order chi connectivity index (χ0) is 16.0. The van der Waals surface area contributed by atoms with E-state index in [9.17, 15) is 14.0 Å². The summed E-state index contributed by atoms with van der Waals surface area (Å²) in [6, 6.07) is 4.32. The molecule has 1 rings (SSSR count). The summed E-state index contributed by atoms with van der Waals surface area (Å²) in [7, 11) is 1.38. The van der Waals surface area contributed by atoms with Crippen LogP contribution in [0.5, 0.6) is 5.75 Å². The minimum Gasteiger partial charge on any atom is -0.494 e. The average molecular weight is 297 g/mol. The largest absolute Gasteiger partial charge is 0.494 e. The number of aliphatic carboxylic acids is 1. The van der Waals surface area contributed by atoms with Crippen molar-refractivity contribution in [1.29, 1.82) is 0 Å². The number of aryl methyl sites for hydroxylation is 1. The lowest BCUT2D eigenvalue weighted by Gasteiger charge is -2.24. The highest BCUT2D eigenvalue weighted by molar-refractivity contribution is 5.81. The van der Waals surface area contributed by atoms with Gasteiger partial charge in [0.2, 0.25) is 5.91 Å². The number of rotatable bonds is 7. The number of methoxy groups -OCH3 is 1. The number of hydrogen-bond acceptors (Lipinski definition) is 3. The van der Waals surface area contributed by atoms with E-state index in [1.54, 1.807) is 19.9 Å². The number of carbonyl (C=O) groups excluding carboxylic acids is 1. The molecule has 116 valence electrons. The summed E-state index contributed by atoms with van der Waals surface area (Å²) in [4.78, 5) is 24.1. The molecule has 0 spiro atoms. The Kier molecular flexibility index (Phi) is 6.14. The number of amides is 1. The lowest BCUT2D eigenvalue weighted by atomic mass is 10.1. The fraction of sp³-hybridized carbons (Fsp3) is 0.467. The van der Waals surface area contributed by atoms with Crippen LogP contribution in [0.15, 0.2) is 18.2 Å². The Hall–Kier alpha value is -2.11. The van der Waals surface area contributed by atoms with Crippen molar-refractivity contribution in [3.63, 3.8) is 0 Å². The summed E-state index contributed by atoms with van der Waals surface area (Å²) < 4.78 is 18.4. The molecule has 6 heteroatoms. The van der Waals surface area contributed by atoms with Crippen molar-refractivity contribution in [3.05, 3.63) is 29.6 Å². The smallest absolute Gasteiger partial charge is 0.323 e. The molecule has 1 N–H and O–H groups in total. The van der Waals surface area contributed by atoms with E-state index < -0.39 is 11.8 Å². The maximum atomic E-state index is 13.5. The SMILES string of the molecule is COc1ccc(CCC(=O)N(CC(=O)O)C(C)C)cc1F. The van der Waals surface area contributed by atoms with Gasteiger partial charge >= 0.3 is 5.97 Å². The normalized spacial score (nSPS) is 10.5.